The van der Waals surface area contributed by atoms with Crippen molar-refractivity contribution >= 4 is 24.1 Å². The average molecular weight is 602 g/mol. The number of hydrogen-bond acceptors (Lipinski definition) is 7. The third kappa shape index (κ3) is 7.35. The van der Waals surface area contributed by atoms with E-state index in [4.69, 9.17) is 19.7 Å². The second-order valence-corrected chi connectivity index (χ2v) is 12.1. The number of carboxylic acid groups (broad SMARTS) is 1. The number of rotatable bonds is 5. The van der Waals surface area contributed by atoms with Gasteiger partial charge in [-0.25, -0.2) is 22.9 Å². The van der Waals surface area contributed by atoms with Crippen molar-refractivity contribution in [2.75, 3.05) is 31.1 Å². The maximum atomic E-state index is 15.0. The van der Waals surface area contributed by atoms with Gasteiger partial charge in [0, 0.05) is 50.4 Å². The normalized spacial score (nSPS) is 18.8. The topological polar surface area (TPSA) is 98.6 Å². The molecule has 4 heterocycles. The predicted octanol–water partition coefficient (Wildman–Crippen LogP) is 5.81. The molecule has 43 heavy (non-hydrogen) atoms. The third-order valence-electron chi connectivity index (χ3n) is 7.87. The zero-order valence-electron chi connectivity index (χ0n) is 24.9. The molecule has 2 fully saturated rings. The Morgan fingerprint density at radius 3 is 2.42 bits per heavy atom. The number of benzene rings is 1. The van der Waals surface area contributed by atoms with Gasteiger partial charge in [0.2, 0.25) is 0 Å². The second-order valence-electron chi connectivity index (χ2n) is 12.1. The molecule has 1 N–H and O–H groups in total. The van der Waals surface area contributed by atoms with Crippen molar-refractivity contribution in [1.82, 2.24) is 14.9 Å². The lowest BCUT2D eigenvalue weighted by molar-refractivity contribution is -0.122. The number of aromatic nitrogens is 1. The van der Waals surface area contributed by atoms with E-state index in [1.165, 1.54) is 6.07 Å². The second kappa shape index (κ2) is 13.2. The molecule has 9 nitrogen and oxygen atoms in total. The Bertz CT molecular complexity index is 1380. The summed E-state index contributed by atoms with van der Waals surface area (Å²) < 4.78 is 48.2. The van der Waals surface area contributed by atoms with Crippen molar-refractivity contribution in [3.63, 3.8) is 0 Å². The Balaban J connectivity index is 0.00000135. The lowest BCUT2D eigenvalue weighted by Crippen LogP contribution is -2.47. The highest BCUT2D eigenvalue weighted by Crippen LogP contribution is 2.36. The van der Waals surface area contributed by atoms with Gasteiger partial charge in [-0.1, -0.05) is 6.07 Å². The number of alkyl halides is 1. The molecule has 1 spiro atoms. The molecule has 3 aliphatic rings. The highest BCUT2D eigenvalue weighted by atomic mass is 19.1. The minimum absolute atomic E-state index is 0.133. The Morgan fingerprint density at radius 1 is 1.12 bits per heavy atom. The number of carbonyl (C=O) groups excluding carboxylic acids is 1. The molecule has 1 amide bonds. The van der Waals surface area contributed by atoms with Crippen LogP contribution in [0.1, 0.15) is 63.1 Å². The molecule has 232 valence electrons. The van der Waals surface area contributed by atoms with E-state index in [1.807, 2.05) is 51.0 Å². The molecular formula is C31H38F3N5O4. The average Bonchev–Trinajstić information content (AvgIpc) is 3.12. The standard InChI is InChI=1S/C30H36F3N5O2.CH2O2/c1-20-5-10-26(34-16-20)37-19-30(40-28(37)39)11-13-36(14-12-30)17-21-6-9-25(35-38(18-21)29(2,3)4)22-7-8-24(32)23(15-31)27(22)33;2-1-3/h5,7-8,10,16,18H,6,9,11-15,17,19H2,1-4H3;1H,(H,2,3). The van der Waals surface area contributed by atoms with E-state index >= 15 is 4.39 Å². The zero-order chi connectivity index (χ0) is 31.4. The molecule has 1 aromatic heterocycles. The monoisotopic (exact) mass is 601 g/mol. The Morgan fingerprint density at radius 2 is 1.81 bits per heavy atom. The number of hydrazone groups is 1. The van der Waals surface area contributed by atoms with E-state index in [0.717, 1.165) is 30.3 Å². The zero-order valence-corrected chi connectivity index (χ0v) is 24.9. The third-order valence-corrected chi connectivity index (χ3v) is 7.87. The molecule has 0 radical (unpaired) electrons. The summed E-state index contributed by atoms with van der Waals surface area (Å²) >= 11 is 0. The Kier molecular flexibility index (Phi) is 9.79. The van der Waals surface area contributed by atoms with Crippen molar-refractivity contribution in [3.05, 3.63) is 70.6 Å². The van der Waals surface area contributed by atoms with Crippen LogP contribution in [0.25, 0.3) is 0 Å². The highest BCUT2D eigenvalue weighted by molar-refractivity contribution is 6.01. The number of amides is 1. The summed E-state index contributed by atoms with van der Waals surface area (Å²) in [5, 5.41) is 13.4. The number of halogens is 3. The van der Waals surface area contributed by atoms with Crippen molar-refractivity contribution < 1.29 is 32.6 Å². The molecule has 3 aliphatic heterocycles. The Labute approximate surface area is 249 Å². The smallest absolute Gasteiger partial charge is 0.416 e. The van der Waals surface area contributed by atoms with Crippen molar-refractivity contribution in [2.45, 2.75) is 71.2 Å². The van der Waals surface area contributed by atoms with Crippen molar-refractivity contribution in [3.8, 4) is 0 Å². The lowest BCUT2D eigenvalue weighted by atomic mass is 9.91. The van der Waals surface area contributed by atoms with Gasteiger partial charge >= 0.3 is 6.09 Å². The van der Waals surface area contributed by atoms with Gasteiger partial charge in [0.05, 0.1) is 23.4 Å². The minimum atomic E-state index is -1.21. The van der Waals surface area contributed by atoms with Crippen LogP contribution in [0.2, 0.25) is 0 Å². The number of piperidine rings is 1. The van der Waals surface area contributed by atoms with Crippen molar-refractivity contribution in [2.24, 2.45) is 5.10 Å². The number of likely N-dealkylation sites (tertiary alicyclic amines) is 1. The largest absolute Gasteiger partial charge is 0.483 e. The minimum Gasteiger partial charge on any atom is -0.483 e. The number of ether oxygens (including phenoxy) is 1. The molecule has 2 aromatic rings. The first-order chi connectivity index (χ1) is 20.4. The molecule has 0 unspecified atom stereocenters. The molecule has 12 heteroatoms. The summed E-state index contributed by atoms with van der Waals surface area (Å²) in [6.07, 6.45) is 5.91. The lowest BCUT2D eigenvalue weighted by Gasteiger charge is -2.38. The van der Waals surface area contributed by atoms with Gasteiger partial charge in [-0.05, 0) is 69.9 Å². The van der Waals surface area contributed by atoms with Gasteiger partial charge < -0.3 is 9.84 Å². The molecule has 5 rings (SSSR count). The van der Waals surface area contributed by atoms with Crippen molar-refractivity contribution in [1.29, 1.82) is 0 Å². The molecule has 0 atom stereocenters. The summed E-state index contributed by atoms with van der Waals surface area (Å²) in [5.74, 6) is -1.17. The van der Waals surface area contributed by atoms with E-state index < -0.39 is 35.0 Å². The summed E-state index contributed by atoms with van der Waals surface area (Å²) in [6.45, 7) is 9.22. The van der Waals surface area contributed by atoms with Gasteiger partial charge in [0.15, 0.2) is 0 Å². The van der Waals surface area contributed by atoms with Crippen LogP contribution in [0.15, 0.2) is 47.3 Å². The van der Waals surface area contributed by atoms with Crippen LogP contribution < -0.4 is 4.90 Å². The highest BCUT2D eigenvalue weighted by Gasteiger charge is 2.47. The molecular weight excluding hydrogens is 563 g/mol. The van der Waals surface area contributed by atoms with Gasteiger partial charge in [0.25, 0.3) is 6.47 Å². The maximum absolute atomic E-state index is 15.0. The number of anilines is 1. The number of nitrogens with zero attached hydrogens (tertiary/aromatic N) is 5. The molecule has 0 aliphatic carbocycles. The number of pyridine rings is 1. The van der Waals surface area contributed by atoms with Crippen LogP contribution >= 0.6 is 0 Å². The predicted molar refractivity (Wildman–Crippen MR) is 157 cm³/mol. The molecule has 2 saturated heterocycles. The first-order valence-electron chi connectivity index (χ1n) is 14.2. The van der Waals surface area contributed by atoms with Gasteiger partial charge in [-0.2, -0.15) is 5.10 Å². The summed E-state index contributed by atoms with van der Waals surface area (Å²) in [6, 6.07) is 6.23. The summed E-state index contributed by atoms with van der Waals surface area (Å²) in [4.78, 5) is 29.4. The van der Waals surface area contributed by atoms with E-state index in [-0.39, 0.29) is 18.1 Å². The van der Waals surface area contributed by atoms with E-state index in [9.17, 15) is 13.6 Å². The van der Waals surface area contributed by atoms with Crippen LogP contribution in [0, 0.1) is 18.6 Å². The van der Waals surface area contributed by atoms with Crippen LogP contribution in [0.3, 0.4) is 0 Å². The SMILES string of the molecule is Cc1ccc(N2CC3(CCN(CC4=CN(C(C)(C)C)N=C(c5ccc(F)c(CF)c5F)CC4)CC3)OC2=O)nc1.O=CO. The summed E-state index contributed by atoms with van der Waals surface area (Å²) in [7, 11) is 0. The van der Waals surface area contributed by atoms with E-state index in [0.29, 0.717) is 50.3 Å². The molecule has 1 aromatic carbocycles. The van der Waals surface area contributed by atoms with Crippen LogP contribution in [0.5, 0.6) is 0 Å². The fraction of sp³-hybridized carbons (Fsp3) is 0.484. The van der Waals surface area contributed by atoms with Crippen LogP contribution in [0.4, 0.5) is 23.8 Å². The van der Waals surface area contributed by atoms with Gasteiger partial charge in [0.1, 0.15) is 29.7 Å². The van der Waals surface area contributed by atoms with E-state index in [1.54, 1.807) is 11.1 Å². The first-order valence-corrected chi connectivity index (χ1v) is 14.2. The quantitative estimate of drug-likeness (QED) is 0.432. The Hall–Kier alpha value is -3.93. The van der Waals surface area contributed by atoms with Crippen LogP contribution in [-0.4, -0.2) is 75.6 Å². The number of carbonyl (C=O) groups is 2. The number of hydrogen-bond donors (Lipinski definition) is 1. The molecule has 0 saturated carbocycles. The van der Waals surface area contributed by atoms with Gasteiger partial charge in [-0.15, -0.1) is 0 Å². The summed E-state index contributed by atoms with van der Waals surface area (Å²) in [5.41, 5.74) is 1.28. The molecule has 0 bridgehead atoms. The maximum Gasteiger partial charge on any atom is 0.416 e. The number of aryl methyl sites for hydroxylation is 1. The van der Waals surface area contributed by atoms with Crippen LogP contribution in [-0.2, 0) is 16.2 Å². The fourth-order valence-electron chi connectivity index (χ4n) is 5.41. The van der Waals surface area contributed by atoms with E-state index in [2.05, 4.69) is 9.88 Å². The first kappa shape index (κ1) is 32.0. The van der Waals surface area contributed by atoms with Gasteiger partial charge in [-0.3, -0.25) is 19.6 Å². The fourth-order valence-corrected chi connectivity index (χ4v) is 5.41.